The Morgan fingerprint density at radius 2 is 0.835 bits per heavy atom. The van der Waals surface area contributed by atoms with Crippen molar-refractivity contribution in [3.63, 3.8) is 0 Å². The van der Waals surface area contributed by atoms with Gasteiger partial charge in [-0.3, -0.25) is 0 Å². The molecular formula is C70H115ClF3N3O2. The average Bonchev–Trinajstić information content (AvgIpc) is 4.15. The molecule has 0 radical (unpaired) electrons. The number of nitrogens with zero attached hydrogens (tertiary/aromatic N) is 2. The van der Waals surface area contributed by atoms with Gasteiger partial charge in [0.15, 0.2) is 0 Å². The van der Waals surface area contributed by atoms with Gasteiger partial charge in [-0.1, -0.05) is 326 Å². The summed E-state index contributed by atoms with van der Waals surface area (Å²) in [5.74, 6) is -0.219. The molecular weight excluding hydrogens is 1010 g/mol. The Kier molecular flexibility index (Phi) is 38.9. The molecule has 0 aliphatic carbocycles. The van der Waals surface area contributed by atoms with Gasteiger partial charge in [0, 0.05) is 18.0 Å². The van der Waals surface area contributed by atoms with Crippen molar-refractivity contribution < 1.29 is 22.6 Å². The molecule has 2 aliphatic rings. The first-order valence-corrected chi connectivity index (χ1v) is 33.5. The van der Waals surface area contributed by atoms with Crippen LogP contribution < -0.4 is 10.1 Å². The fourth-order valence-electron chi connectivity index (χ4n) is 12.7. The van der Waals surface area contributed by atoms with Crippen LogP contribution in [0.2, 0.25) is 0 Å². The monoisotopic (exact) mass is 1120 g/mol. The molecule has 3 aromatic rings. The number of nitrogens with one attached hydrogen (secondary N) is 1. The molecule has 1 N–H and O–H groups in total. The summed E-state index contributed by atoms with van der Waals surface area (Å²) >= 11 is 0. The third-order valence-electron chi connectivity index (χ3n) is 17.4. The van der Waals surface area contributed by atoms with E-state index in [0.29, 0.717) is 16.8 Å². The number of aromatic nitrogens is 2. The Bertz CT molecular complexity index is 1890. The summed E-state index contributed by atoms with van der Waals surface area (Å²) in [7, 11) is 0. The predicted octanol–water partition coefficient (Wildman–Crippen LogP) is 23.4. The van der Waals surface area contributed by atoms with E-state index in [0.717, 1.165) is 37.8 Å². The first kappa shape index (κ1) is 68.7. The highest BCUT2D eigenvalue weighted by Gasteiger charge is 2.43. The Morgan fingerprint density at radius 3 is 1.19 bits per heavy atom. The van der Waals surface area contributed by atoms with E-state index >= 15 is 0 Å². The SMILES string of the molecule is Cl.FC(F)(F)Oc1ccc(-n2cccn2)cc1C1=C[C@@]2(CCCCCCCCCCCCCCCCCCCCCCCCCCCCCCCCCCCCCCCCCCCCCCCCCN[C@H]2c2ccccc2)OC1. The maximum atomic E-state index is 13.9. The summed E-state index contributed by atoms with van der Waals surface area (Å²) in [5.41, 5.74) is 2.17. The fourth-order valence-corrected chi connectivity index (χ4v) is 12.7. The minimum atomic E-state index is -4.83. The average molecular weight is 1120 g/mol. The zero-order valence-corrected chi connectivity index (χ0v) is 50.9. The van der Waals surface area contributed by atoms with Crippen molar-refractivity contribution in [2.75, 3.05) is 13.2 Å². The highest BCUT2D eigenvalue weighted by atomic mass is 35.5. The van der Waals surface area contributed by atoms with Crippen molar-refractivity contribution in [2.45, 2.75) is 326 Å². The van der Waals surface area contributed by atoms with Crippen LogP contribution in [0.4, 0.5) is 13.2 Å². The van der Waals surface area contributed by atoms with Gasteiger partial charge in [-0.15, -0.1) is 25.6 Å². The number of halogens is 4. The molecule has 2 aliphatic heterocycles. The molecule has 1 aromatic heterocycles. The molecule has 2 aromatic carbocycles. The Morgan fingerprint density at radius 1 is 0.468 bits per heavy atom. The second-order valence-electron chi connectivity index (χ2n) is 24.3. The molecule has 5 rings (SSSR count). The second-order valence-corrected chi connectivity index (χ2v) is 24.3. The molecule has 1 fully saturated rings. The van der Waals surface area contributed by atoms with E-state index in [1.54, 1.807) is 29.2 Å². The van der Waals surface area contributed by atoms with Gasteiger partial charge in [-0.05, 0) is 60.9 Å². The van der Waals surface area contributed by atoms with Crippen LogP contribution in [0.5, 0.6) is 5.75 Å². The van der Waals surface area contributed by atoms with Crippen LogP contribution in [0.15, 0.2) is 73.1 Å². The van der Waals surface area contributed by atoms with Gasteiger partial charge < -0.3 is 14.8 Å². The van der Waals surface area contributed by atoms with Crippen LogP contribution >= 0.6 is 12.4 Å². The van der Waals surface area contributed by atoms with Gasteiger partial charge in [0.1, 0.15) is 11.4 Å². The lowest BCUT2D eigenvalue weighted by atomic mass is 9.82. The molecule has 450 valence electrons. The van der Waals surface area contributed by atoms with E-state index in [9.17, 15) is 13.2 Å². The van der Waals surface area contributed by atoms with Crippen molar-refractivity contribution in [1.29, 1.82) is 0 Å². The van der Waals surface area contributed by atoms with Crippen molar-refractivity contribution in [3.8, 4) is 11.4 Å². The lowest BCUT2D eigenvalue weighted by Gasteiger charge is -2.37. The largest absolute Gasteiger partial charge is 0.573 e. The Hall–Kier alpha value is -2.81. The maximum Gasteiger partial charge on any atom is 0.573 e. The van der Waals surface area contributed by atoms with Crippen LogP contribution in [0, 0.1) is 0 Å². The molecule has 9 heteroatoms. The highest BCUT2D eigenvalue weighted by molar-refractivity contribution is 5.85. The van der Waals surface area contributed by atoms with Crippen LogP contribution in [-0.2, 0) is 4.74 Å². The van der Waals surface area contributed by atoms with Crippen molar-refractivity contribution in [1.82, 2.24) is 15.1 Å². The molecule has 5 nitrogen and oxygen atoms in total. The highest BCUT2D eigenvalue weighted by Crippen LogP contribution is 2.45. The quantitative estimate of drug-likeness (QED) is 0.283. The van der Waals surface area contributed by atoms with Crippen molar-refractivity contribution in [2.24, 2.45) is 0 Å². The first-order valence-electron chi connectivity index (χ1n) is 33.5. The minimum Gasteiger partial charge on any atom is -0.405 e. The Labute approximate surface area is 488 Å². The third kappa shape index (κ3) is 31.4. The second kappa shape index (κ2) is 44.7. The Balaban J connectivity index is 0.0000134. The fraction of sp³-hybridized carbons (Fsp3) is 0.757. The summed E-state index contributed by atoms with van der Waals surface area (Å²) in [6.45, 7) is 1.05. The summed E-state index contributed by atoms with van der Waals surface area (Å²) in [4.78, 5) is 0. The van der Waals surface area contributed by atoms with E-state index in [2.05, 4.69) is 45.5 Å². The number of rotatable bonds is 4. The zero-order chi connectivity index (χ0) is 54.7. The molecule has 0 amide bonds. The molecule has 1 saturated heterocycles. The third-order valence-corrected chi connectivity index (χ3v) is 17.4. The van der Waals surface area contributed by atoms with Crippen molar-refractivity contribution >= 4 is 18.0 Å². The van der Waals surface area contributed by atoms with Gasteiger partial charge >= 0.3 is 6.36 Å². The molecule has 3 heterocycles. The minimum absolute atomic E-state index is 0. The lowest BCUT2D eigenvalue weighted by molar-refractivity contribution is -0.274. The molecule has 2 atom stereocenters. The number of ether oxygens (including phenoxy) is 2. The van der Waals surface area contributed by atoms with Gasteiger partial charge in [-0.25, -0.2) is 4.68 Å². The number of hydrogen-bond acceptors (Lipinski definition) is 4. The van der Waals surface area contributed by atoms with E-state index in [-0.39, 0.29) is 30.8 Å². The summed E-state index contributed by atoms with van der Waals surface area (Å²) in [6, 6.07) is 17.0. The van der Waals surface area contributed by atoms with Gasteiger partial charge in [0.2, 0.25) is 0 Å². The standard InChI is InChI=1S/C70H114F3N3O2.ClH/c71-70(72,73)78-67-55-54-65(76-59-51-58-75-76)60-66(67)64-61-69(77-62-64)56-49-44-42-40-38-36-34-32-30-28-26-24-22-20-18-16-14-12-10-8-6-4-2-1-3-5-7-9-11-13-15-17-19-21-23-25-27-29-31-33-35-37-39-41-43-45-50-57-74-68(69)63-52-47-46-48-53-63;/h46-48,51-55,58-61,68,74H,1-45,49-50,56-57,62H2;1H/t68-,69+;/m0./s1. The summed E-state index contributed by atoms with van der Waals surface area (Å²) in [6.07, 6.45) is 66.3. The molecule has 0 saturated carbocycles. The number of alkyl halides is 3. The summed E-state index contributed by atoms with van der Waals surface area (Å²) < 4.78 is 55.1. The zero-order valence-electron chi connectivity index (χ0n) is 50.1. The van der Waals surface area contributed by atoms with Crippen molar-refractivity contribution in [3.05, 3.63) is 84.2 Å². The van der Waals surface area contributed by atoms with E-state index in [1.165, 1.54) is 289 Å². The van der Waals surface area contributed by atoms with Crippen LogP contribution in [0.25, 0.3) is 11.3 Å². The molecule has 79 heavy (non-hydrogen) atoms. The van der Waals surface area contributed by atoms with Gasteiger partial charge in [0.05, 0.1) is 18.3 Å². The predicted molar refractivity (Wildman–Crippen MR) is 333 cm³/mol. The molecule has 0 unspecified atom stereocenters. The number of hydrogen-bond donors (Lipinski definition) is 1. The summed E-state index contributed by atoms with van der Waals surface area (Å²) in [5, 5.41) is 8.33. The van der Waals surface area contributed by atoms with Gasteiger partial charge in [-0.2, -0.15) is 5.10 Å². The van der Waals surface area contributed by atoms with Gasteiger partial charge in [0.25, 0.3) is 0 Å². The lowest BCUT2D eigenvalue weighted by Crippen LogP contribution is -2.43. The molecule has 0 bridgehead atoms. The number of benzene rings is 2. The maximum absolute atomic E-state index is 13.9. The normalized spacial score (nSPS) is 23.4. The smallest absolute Gasteiger partial charge is 0.405 e. The molecule has 1 spiro atoms. The van der Waals surface area contributed by atoms with E-state index in [4.69, 9.17) is 4.74 Å². The first-order chi connectivity index (χ1) is 38.4. The van der Waals surface area contributed by atoms with Crippen LogP contribution in [0.1, 0.15) is 325 Å². The van der Waals surface area contributed by atoms with Crippen LogP contribution in [-0.4, -0.2) is 34.9 Å². The van der Waals surface area contributed by atoms with E-state index < -0.39 is 12.0 Å². The topological polar surface area (TPSA) is 48.3 Å². The van der Waals surface area contributed by atoms with E-state index in [1.807, 2.05) is 12.1 Å². The van der Waals surface area contributed by atoms with Crippen LogP contribution in [0.3, 0.4) is 0 Å².